The normalized spacial score (nSPS) is 17.0. The molecule has 20 heavy (non-hydrogen) atoms. The molecule has 96 valence electrons. The number of benzene rings is 2. The summed E-state index contributed by atoms with van der Waals surface area (Å²) in [7, 11) is 0. The Labute approximate surface area is 115 Å². The van der Waals surface area contributed by atoms with Gasteiger partial charge >= 0.3 is 5.97 Å². The average molecular weight is 262 g/mol. The molecular weight excluding hydrogens is 252 g/mol. The van der Waals surface area contributed by atoms with E-state index in [9.17, 15) is 4.79 Å². The summed E-state index contributed by atoms with van der Waals surface area (Å²) >= 11 is 0. The van der Waals surface area contributed by atoms with E-state index >= 15 is 0 Å². The first-order chi connectivity index (χ1) is 9.83. The summed E-state index contributed by atoms with van der Waals surface area (Å²) in [6, 6.07) is 17.1. The van der Waals surface area contributed by atoms with Crippen LogP contribution in [0, 0.1) is 0 Å². The molecule has 0 radical (unpaired) electrons. The Morgan fingerprint density at radius 3 is 2.25 bits per heavy atom. The van der Waals surface area contributed by atoms with Crippen LogP contribution in [0.4, 0.5) is 0 Å². The van der Waals surface area contributed by atoms with Crippen LogP contribution in [-0.2, 0) is 4.74 Å². The molecule has 1 aliphatic heterocycles. The molecule has 2 aromatic carbocycles. The lowest BCUT2D eigenvalue weighted by atomic mass is 10.1. The van der Waals surface area contributed by atoms with E-state index < -0.39 is 12.1 Å². The lowest BCUT2D eigenvalue weighted by molar-refractivity contribution is 0.0449. The predicted octanol–water partition coefficient (Wildman–Crippen LogP) is 2.89. The number of nitrogens with zero attached hydrogens (tertiary/aromatic N) is 2. The van der Waals surface area contributed by atoms with E-state index in [0.29, 0.717) is 16.9 Å². The molecule has 0 saturated heterocycles. The van der Waals surface area contributed by atoms with Crippen LogP contribution in [0.5, 0.6) is 0 Å². The minimum atomic E-state index is -0.462. The maximum atomic E-state index is 12.0. The molecule has 1 aromatic heterocycles. The summed E-state index contributed by atoms with van der Waals surface area (Å²) in [5.41, 5.74) is 3.30. The SMILES string of the molecule is O=C1O[C@H](c2ccccc2)c2nc3ccccc3nc21. The molecular formula is C16H10N2O2. The van der Waals surface area contributed by atoms with Crippen LogP contribution in [0.1, 0.15) is 27.8 Å². The lowest BCUT2D eigenvalue weighted by Gasteiger charge is -2.09. The van der Waals surface area contributed by atoms with Crippen molar-refractivity contribution in [2.24, 2.45) is 0 Å². The van der Waals surface area contributed by atoms with Crippen LogP contribution in [0.25, 0.3) is 11.0 Å². The number of carbonyl (C=O) groups is 1. The smallest absolute Gasteiger partial charge is 0.360 e. The third kappa shape index (κ3) is 1.58. The summed E-state index contributed by atoms with van der Waals surface area (Å²) in [5, 5.41) is 0. The van der Waals surface area contributed by atoms with Gasteiger partial charge < -0.3 is 4.74 Å². The zero-order valence-electron chi connectivity index (χ0n) is 10.5. The zero-order chi connectivity index (χ0) is 13.5. The monoisotopic (exact) mass is 262 g/mol. The van der Waals surface area contributed by atoms with Crippen molar-refractivity contribution in [2.75, 3.05) is 0 Å². The van der Waals surface area contributed by atoms with Gasteiger partial charge in [-0.15, -0.1) is 0 Å². The number of aromatic nitrogens is 2. The highest BCUT2D eigenvalue weighted by Gasteiger charge is 2.35. The summed E-state index contributed by atoms with van der Waals surface area (Å²) < 4.78 is 5.43. The minimum Gasteiger partial charge on any atom is -0.446 e. The second kappa shape index (κ2) is 4.13. The Kier molecular flexibility index (Phi) is 2.29. The summed E-state index contributed by atoms with van der Waals surface area (Å²) in [5.74, 6) is -0.410. The van der Waals surface area contributed by atoms with Gasteiger partial charge in [-0.05, 0) is 17.7 Å². The van der Waals surface area contributed by atoms with E-state index in [0.717, 1.165) is 11.1 Å². The minimum absolute atomic E-state index is 0.317. The standard InChI is InChI=1S/C16H10N2O2/c19-16-14-13(15(20-16)10-6-2-1-3-7-10)17-11-8-4-5-9-12(11)18-14/h1-9,15H/t15-/m1/s1. The number of ether oxygens (including phenoxy) is 1. The summed E-state index contributed by atoms with van der Waals surface area (Å²) in [4.78, 5) is 20.9. The molecule has 3 aromatic rings. The molecule has 4 heteroatoms. The fourth-order valence-corrected chi connectivity index (χ4v) is 2.42. The van der Waals surface area contributed by atoms with Crippen LogP contribution in [0.2, 0.25) is 0 Å². The fraction of sp³-hybridized carbons (Fsp3) is 0.0625. The number of hydrogen-bond donors (Lipinski definition) is 0. The van der Waals surface area contributed by atoms with Gasteiger partial charge in [0.1, 0.15) is 5.69 Å². The molecule has 0 aliphatic carbocycles. The van der Waals surface area contributed by atoms with Crippen molar-refractivity contribution in [1.82, 2.24) is 9.97 Å². The van der Waals surface area contributed by atoms with Crippen molar-refractivity contribution < 1.29 is 9.53 Å². The van der Waals surface area contributed by atoms with Crippen molar-refractivity contribution in [2.45, 2.75) is 6.10 Å². The fourth-order valence-electron chi connectivity index (χ4n) is 2.42. The van der Waals surface area contributed by atoms with Gasteiger partial charge in [0, 0.05) is 0 Å². The van der Waals surface area contributed by atoms with Crippen LogP contribution < -0.4 is 0 Å². The number of cyclic esters (lactones) is 1. The van der Waals surface area contributed by atoms with Crippen molar-refractivity contribution in [3.05, 3.63) is 71.5 Å². The van der Waals surface area contributed by atoms with E-state index in [4.69, 9.17) is 4.74 Å². The summed E-state index contributed by atoms with van der Waals surface area (Å²) in [6.07, 6.45) is -0.462. The van der Waals surface area contributed by atoms with Crippen molar-refractivity contribution >= 4 is 17.0 Å². The van der Waals surface area contributed by atoms with Gasteiger partial charge in [0.05, 0.1) is 11.0 Å². The van der Waals surface area contributed by atoms with Gasteiger partial charge in [0.15, 0.2) is 11.8 Å². The molecule has 4 nitrogen and oxygen atoms in total. The van der Waals surface area contributed by atoms with Gasteiger partial charge in [0.2, 0.25) is 0 Å². The van der Waals surface area contributed by atoms with Crippen LogP contribution in [0.15, 0.2) is 54.6 Å². The zero-order valence-corrected chi connectivity index (χ0v) is 10.5. The second-order valence-corrected chi connectivity index (χ2v) is 4.64. The van der Waals surface area contributed by atoms with E-state index in [1.807, 2.05) is 54.6 Å². The van der Waals surface area contributed by atoms with Gasteiger partial charge in [-0.25, -0.2) is 14.8 Å². The molecule has 0 saturated carbocycles. The highest BCUT2D eigenvalue weighted by Crippen LogP contribution is 2.34. The van der Waals surface area contributed by atoms with Crippen LogP contribution >= 0.6 is 0 Å². The molecule has 2 heterocycles. The number of carbonyl (C=O) groups excluding carboxylic acids is 1. The van der Waals surface area contributed by atoms with Gasteiger partial charge in [-0.2, -0.15) is 0 Å². The maximum absolute atomic E-state index is 12.0. The Morgan fingerprint density at radius 2 is 1.50 bits per heavy atom. The van der Waals surface area contributed by atoms with Crippen LogP contribution in [0.3, 0.4) is 0 Å². The molecule has 0 amide bonds. The van der Waals surface area contributed by atoms with Gasteiger partial charge in [0.25, 0.3) is 0 Å². The predicted molar refractivity (Wildman–Crippen MR) is 73.2 cm³/mol. The molecule has 0 bridgehead atoms. The molecule has 0 fully saturated rings. The number of esters is 1. The molecule has 1 atom stereocenters. The third-order valence-corrected chi connectivity index (χ3v) is 3.37. The molecule has 0 unspecified atom stereocenters. The highest BCUT2D eigenvalue weighted by atomic mass is 16.5. The third-order valence-electron chi connectivity index (χ3n) is 3.37. The van der Waals surface area contributed by atoms with Gasteiger partial charge in [-0.3, -0.25) is 0 Å². The van der Waals surface area contributed by atoms with E-state index in [-0.39, 0.29) is 0 Å². The highest BCUT2D eigenvalue weighted by molar-refractivity contribution is 5.94. The number of hydrogen-bond acceptors (Lipinski definition) is 4. The van der Waals surface area contributed by atoms with Crippen LogP contribution in [-0.4, -0.2) is 15.9 Å². The Hall–Kier alpha value is -2.75. The van der Waals surface area contributed by atoms with Gasteiger partial charge in [-0.1, -0.05) is 42.5 Å². The molecule has 1 aliphatic rings. The second-order valence-electron chi connectivity index (χ2n) is 4.64. The number of fused-ring (bicyclic) bond motifs is 2. The van der Waals surface area contributed by atoms with E-state index in [1.54, 1.807) is 0 Å². The largest absolute Gasteiger partial charge is 0.446 e. The van der Waals surface area contributed by atoms with Crippen molar-refractivity contribution in [3.63, 3.8) is 0 Å². The Balaban J connectivity index is 1.94. The first-order valence-electron chi connectivity index (χ1n) is 6.35. The number of para-hydroxylation sites is 2. The Bertz CT molecular complexity index is 815. The van der Waals surface area contributed by atoms with E-state index in [2.05, 4.69) is 9.97 Å². The molecule has 0 spiro atoms. The van der Waals surface area contributed by atoms with Crippen molar-refractivity contribution in [3.8, 4) is 0 Å². The summed E-state index contributed by atoms with van der Waals surface area (Å²) in [6.45, 7) is 0. The molecule has 0 N–H and O–H groups in total. The first-order valence-corrected chi connectivity index (χ1v) is 6.35. The average Bonchev–Trinajstić information content (AvgIpc) is 2.83. The lowest BCUT2D eigenvalue weighted by Crippen LogP contribution is -2.01. The first kappa shape index (κ1) is 11.1. The Morgan fingerprint density at radius 1 is 0.850 bits per heavy atom. The topological polar surface area (TPSA) is 52.1 Å². The van der Waals surface area contributed by atoms with E-state index in [1.165, 1.54) is 0 Å². The number of rotatable bonds is 1. The maximum Gasteiger partial charge on any atom is 0.360 e. The van der Waals surface area contributed by atoms with Crippen molar-refractivity contribution in [1.29, 1.82) is 0 Å². The quantitative estimate of drug-likeness (QED) is 0.633. The molecule has 4 rings (SSSR count).